The van der Waals surface area contributed by atoms with E-state index in [2.05, 4.69) is 15.9 Å². The van der Waals surface area contributed by atoms with Gasteiger partial charge < -0.3 is 5.11 Å². The van der Waals surface area contributed by atoms with Gasteiger partial charge >= 0.3 is 11.9 Å². The van der Waals surface area contributed by atoms with Crippen LogP contribution in [0.1, 0.15) is 5.56 Å². The second kappa shape index (κ2) is 3.82. The van der Waals surface area contributed by atoms with E-state index in [-0.39, 0.29) is 5.02 Å². The van der Waals surface area contributed by atoms with Crippen LogP contribution in [0.25, 0.3) is 0 Å². The summed E-state index contributed by atoms with van der Waals surface area (Å²) in [5.74, 6) is -6.20. The van der Waals surface area contributed by atoms with Crippen LogP contribution in [-0.4, -0.2) is 11.1 Å². The van der Waals surface area contributed by atoms with E-state index in [0.29, 0.717) is 4.47 Å². The Bertz CT molecular complexity index is 382. The number of benzene rings is 1. The predicted octanol–water partition coefficient (Wildman–Crippen LogP) is 3.28. The van der Waals surface area contributed by atoms with E-state index in [0.717, 1.165) is 6.07 Å². The van der Waals surface area contributed by atoms with E-state index in [1.807, 2.05) is 0 Å². The summed E-state index contributed by atoms with van der Waals surface area (Å²) in [7, 11) is 0. The molecule has 0 unspecified atom stereocenters. The number of alkyl halides is 2. The molecule has 1 N–H and O–H groups in total. The first kappa shape index (κ1) is 11.4. The van der Waals surface area contributed by atoms with Crippen molar-refractivity contribution in [3.8, 4) is 0 Å². The number of hydrogen-bond donors (Lipinski definition) is 1. The summed E-state index contributed by atoms with van der Waals surface area (Å²) in [6, 6.07) is 3.64. The summed E-state index contributed by atoms with van der Waals surface area (Å²) in [6.45, 7) is 0. The zero-order valence-corrected chi connectivity index (χ0v) is 8.94. The second-order valence-corrected chi connectivity index (χ2v) is 3.83. The van der Waals surface area contributed by atoms with Crippen molar-refractivity contribution in [2.45, 2.75) is 5.92 Å². The minimum atomic E-state index is -3.97. The number of rotatable bonds is 2. The number of aliphatic carboxylic acids is 1. The fraction of sp³-hybridized carbons (Fsp3) is 0.125. The van der Waals surface area contributed by atoms with Gasteiger partial charge in [-0.3, -0.25) is 0 Å². The van der Waals surface area contributed by atoms with Gasteiger partial charge in [-0.2, -0.15) is 8.78 Å². The lowest BCUT2D eigenvalue weighted by Crippen LogP contribution is -2.25. The Morgan fingerprint density at radius 2 is 2.07 bits per heavy atom. The number of carboxylic acid groups (broad SMARTS) is 1. The third-order valence-corrected chi connectivity index (χ3v) is 2.36. The van der Waals surface area contributed by atoms with E-state index in [1.54, 1.807) is 0 Å². The van der Waals surface area contributed by atoms with Crippen LogP contribution in [0.5, 0.6) is 0 Å². The maximum atomic E-state index is 13.0. The van der Waals surface area contributed by atoms with Crippen molar-refractivity contribution in [3.05, 3.63) is 33.3 Å². The molecule has 0 heterocycles. The van der Waals surface area contributed by atoms with Gasteiger partial charge in [-0.15, -0.1) is 0 Å². The van der Waals surface area contributed by atoms with Crippen LogP contribution in [0, 0.1) is 0 Å². The molecule has 1 rings (SSSR count). The van der Waals surface area contributed by atoms with E-state index in [1.165, 1.54) is 12.1 Å². The summed E-state index contributed by atoms with van der Waals surface area (Å²) in [4.78, 5) is 10.3. The summed E-state index contributed by atoms with van der Waals surface area (Å²) < 4.78 is 26.4. The van der Waals surface area contributed by atoms with Gasteiger partial charge in [0.05, 0.1) is 10.6 Å². The molecule has 0 saturated carbocycles. The van der Waals surface area contributed by atoms with E-state index >= 15 is 0 Å². The van der Waals surface area contributed by atoms with Gasteiger partial charge in [0.1, 0.15) is 0 Å². The average molecular weight is 285 g/mol. The molecule has 2 nitrogen and oxygen atoms in total. The first-order valence-corrected chi connectivity index (χ1v) is 4.59. The topological polar surface area (TPSA) is 37.3 Å². The molecule has 14 heavy (non-hydrogen) atoms. The van der Waals surface area contributed by atoms with Gasteiger partial charge in [0, 0.05) is 4.47 Å². The SMILES string of the molecule is O=C(O)C(F)(F)c1cc(Br)ccc1Cl. The normalized spacial score (nSPS) is 11.4. The highest BCUT2D eigenvalue weighted by Gasteiger charge is 2.42. The van der Waals surface area contributed by atoms with Crippen LogP contribution >= 0.6 is 27.5 Å². The number of halogens is 4. The molecule has 0 bridgehead atoms. The number of carboxylic acids is 1. The highest BCUT2D eigenvalue weighted by atomic mass is 79.9. The molecule has 0 fully saturated rings. The van der Waals surface area contributed by atoms with E-state index in [9.17, 15) is 13.6 Å². The zero-order valence-electron chi connectivity index (χ0n) is 6.60. The lowest BCUT2D eigenvalue weighted by atomic mass is 10.1. The molecule has 0 radical (unpaired) electrons. The van der Waals surface area contributed by atoms with E-state index < -0.39 is 17.5 Å². The van der Waals surface area contributed by atoms with E-state index in [4.69, 9.17) is 16.7 Å². The molecule has 1 aromatic carbocycles. The molecule has 0 saturated heterocycles. The minimum Gasteiger partial charge on any atom is -0.477 e. The lowest BCUT2D eigenvalue weighted by Gasteiger charge is -2.13. The van der Waals surface area contributed by atoms with Crippen LogP contribution in [0.3, 0.4) is 0 Å². The molecule has 0 aliphatic heterocycles. The summed E-state index contributed by atoms with van der Waals surface area (Å²) >= 11 is 8.41. The predicted molar refractivity (Wildman–Crippen MR) is 50.7 cm³/mol. The smallest absolute Gasteiger partial charge is 0.379 e. The van der Waals surface area contributed by atoms with Gasteiger partial charge in [-0.25, -0.2) is 4.79 Å². The fourth-order valence-electron chi connectivity index (χ4n) is 0.853. The standard InChI is InChI=1S/C8H4BrClF2O2/c9-4-1-2-6(10)5(3-4)8(11,12)7(13)14/h1-3H,(H,13,14). The van der Waals surface area contributed by atoms with Crippen molar-refractivity contribution in [1.82, 2.24) is 0 Å². The molecule has 0 aliphatic carbocycles. The lowest BCUT2D eigenvalue weighted by molar-refractivity contribution is -0.166. The van der Waals surface area contributed by atoms with Crippen LogP contribution in [-0.2, 0) is 10.7 Å². The Labute approximate surface area is 91.6 Å². The van der Waals surface area contributed by atoms with Gasteiger partial charge in [0.25, 0.3) is 0 Å². The van der Waals surface area contributed by atoms with Crippen molar-refractivity contribution in [2.75, 3.05) is 0 Å². The molecule has 0 atom stereocenters. The molecule has 6 heteroatoms. The summed E-state index contributed by atoms with van der Waals surface area (Å²) in [5, 5.41) is 8.01. The fourth-order valence-corrected chi connectivity index (χ4v) is 1.45. The van der Waals surface area contributed by atoms with Crippen LogP contribution < -0.4 is 0 Å². The van der Waals surface area contributed by atoms with Crippen molar-refractivity contribution < 1.29 is 18.7 Å². The monoisotopic (exact) mass is 284 g/mol. The molecule has 0 amide bonds. The maximum Gasteiger partial charge on any atom is 0.379 e. The number of hydrogen-bond acceptors (Lipinski definition) is 1. The Hall–Kier alpha value is -0.680. The van der Waals surface area contributed by atoms with Gasteiger partial charge in [0.2, 0.25) is 0 Å². The third-order valence-electron chi connectivity index (χ3n) is 1.54. The van der Waals surface area contributed by atoms with Crippen molar-refractivity contribution in [2.24, 2.45) is 0 Å². The zero-order chi connectivity index (χ0) is 10.9. The summed E-state index contributed by atoms with van der Waals surface area (Å²) in [6.07, 6.45) is 0. The molecule has 0 aliphatic rings. The quantitative estimate of drug-likeness (QED) is 0.905. The van der Waals surface area contributed by atoms with Crippen LogP contribution in [0.2, 0.25) is 5.02 Å². The van der Waals surface area contributed by atoms with Crippen LogP contribution in [0.4, 0.5) is 8.78 Å². The minimum absolute atomic E-state index is 0.277. The second-order valence-electron chi connectivity index (χ2n) is 2.50. The van der Waals surface area contributed by atoms with Gasteiger partial charge in [-0.1, -0.05) is 27.5 Å². The average Bonchev–Trinajstić information content (AvgIpc) is 2.08. The molecule has 0 spiro atoms. The Morgan fingerprint density at radius 3 is 2.57 bits per heavy atom. The molecule has 1 aromatic rings. The first-order valence-electron chi connectivity index (χ1n) is 3.42. The largest absolute Gasteiger partial charge is 0.477 e. The van der Waals surface area contributed by atoms with Crippen LogP contribution in [0.15, 0.2) is 22.7 Å². The summed E-state index contributed by atoms with van der Waals surface area (Å²) in [5.41, 5.74) is -0.721. The molecule has 76 valence electrons. The highest BCUT2D eigenvalue weighted by Crippen LogP contribution is 2.35. The Kier molecular flexibility index (Phi) is 3.11. The first-order chi connectivity index (χ1) is 6.35. The van der Waals surface area contributed by atoms with Crippen molar-refractivity contribution in [3.63, 3.8) is 0 Å². The maximum absolute atomic E-state index is 13.0. The number of carbonyl (C=O) groups is 1. The third kappa shape index (κ3) is 2.04. The molecule has 0 aromatic heterocycles. The van der Waals surface area contributed by atoms with Gasteiger partial charge in [0.15, 0.2) is 0 Å². The van der Waals surface area contributed by atoms with Gasteiger partial charge in [-0.05, 0) is 18.2 Å². The van der Waals surface area contributed by atoms with Crippen molar-refractivity contribution >= 4 is 33.5 Å². The Morgan fingerprint density at radius 1 is 1.50 bits per heavy atom. The molecular weight excluding hydrogens is 281 g/mol. The highest BCUT2D eigenvalue weighted by molar-refractivity contribution is 9.10. The molecular formula is C8H4BrClF2O2. The van der Waals surface area contributed by atoms with Crippen molar-refractivity contribution in [1.29, 1.82) is 0 Å². The Balaban J connectivity index is 3.31.